The van der Waals surface area contributed by atoms with Crippen LogP contribution in [0, 0.1) is 0 Å². The minimum Gasteiger partial charge on any atom is -0.356 e. The number of rotatable bonds is 11. The maximum absolute atomic E-state index is 11.1. The van der Waals surface area contributed by atoms with Crippen LogP contribution >= 0.6 is 12.6 Å². The molecule has 96 valence electrons. The Hall–Kier alpha value is -0.180. The smallest absolute Gasteiger partial charge is 0.219 e. The SMILES string of the molecule is CCNC(=O)CCCCCCCCCCS. The molecule has 0 saturated carbocycles. The molecule has 0 aromatic heterocycles. The monoisotopic (exact) mass is 245 g/mol. The standard InChI is InChI=1S/C13H27NOS/c1-2-14-13(15)11-9-7-5-3-4-6-8-10-12-16/h16H,2-12H2,1H3,(H,14,15). The van der Waals surface area contributed by atoms with E-state index >= 15 is 0 Å². The Labute approximate surface area is 106 Å². The number of carbonyl (C=O) groups is 1. The van der Waals surface area contributed by atoms with Crippen LogP contribution in [0.1, 0.15) is 64.7 Å². The van der Waals surface area contributed by atoms with Gasteiger partial charge < -0.3 is 5.32 Å². The molecule has 0 bridgehead atoms. The van der Waals surface area contributed by atoms with Crippen molar-refractivity contribution in [2.24, 2.45) is 0 Å². The highest BCUT2D eigenvalue weighted by atomic mass is 32.1. The van der Waals surface area contributed by atoms with Crippen molar-refractivity contribution in [1.82, 2.24) is 5.32 Å². The van der Waals surface area contributed by atoms with Crippen LogP contribution in [0.15, 0.2) is 0 Å². The molecule has 0 unspecified atom stereocenters. The van der Waals surface area contributed by atoms with E-state index in [1.807, 2.05) is 6.92 Å². The van der Waals surface area contributed by atoms with Crippen LogP contribution in [0.3, 0.4) is 0 Å². The molecular weight excluding hydrogens is 218 g/mol. The van der Waals surface area contributed by atoms with Gasteiger partial charge in [-0.3, -0.25) is 4.79 Å². The lowest BCUT2D eigenvalue weighted by molar-refractivity contribution is -0.121. The van der Waals surface area contributed by atoms with E-state index in [4.69, 9.17) is 0 Å². The number of nitrogens with one attached hydrogen (secondary N) is 1. The molecule has 0 heterocycles. The Balaban J connectivity index is 3.01. The maximum Gasteiger partial charge on any atom is 0.219 e. The molecule has 16 heavy (non-hydrogen) atoms. The fourth-order valence-corrected chi connectivity index (χ4v) is 1.97. The topological polar surface area (TPSA) is 29.1 Å². The van der Waals surface area contributed by atoms with E-state index in [0.29, 0.717) is 6.42 Å². The first kappa shape index (κ1) is 15.8. The minimum absolute atomic E-state index is 0.205. The van der Waals surface area contributed by atoms with Crippen LogP contribution in [-0.4, -0.2) is 18.2 Å². The summed E-state index contributed by atoms with van der Waals surface area (Å²) in [7, 11) is 0. The fourth-order valence-electron chi connectivity index (χ4n) is 1.74. The molecular formula is C13H27NOS. The number of amides is 1. The van der Waals surface area contributed by atoms with Gasteiger partial charge in [-0.25, -0.2) is 0 Å². The molecule has 3 heteroatoms. The molecule has 1 amide bonds. The van der Waals surface area contributed by atoms with Gasteiger partial charge in [-0.2, -0.15) is 12.6 Å². The second kappa shape index (κ2) is 12.9. The van der Waals surface area contributed by atoms with Crippen molar-refractivity contribution in [3.8, 4) is 0 Å². The van der Waals surface area contributed by atoms with Crippen LogP contribution < -0.4 is 5.32 Å². The molecule has 0 aliphatic heterocycles. The molecule has 0 saturated heterocycles. The summed E-state index contributed by atoms with van der Waals surface area (Å²) in [6.45, 7) is 2.71. The number of hydrogen-bond acceptors (Lipinski definition) is 2. The van der Waals surface area contributed by atoms with Crippen molar-refractivity contribution in [3.63, 3.8) is 0 Å². The molecule has 0 fully saturated rings. The van der Waals surface area contributed by atoms with Gasteiger partial charge in [-0.05, 0) is 25.5 Å². The normalized spacial score (nSPS) is 10.4. The summed E-state index contributed by atoms with van der Waals surface area (Å²) < 4.78 is 0. The highest BCUT2D eigenvalue weighted by molar-refractivity contribution is 7.80. The predicted molar refractivity (Wildman–Crippen MR) is 74.1 cm³/mol. The van der Waals surface area contributed by atoms with E-state index in [1.54, 1.807) is 0 Å². The predicted octanol–water partition coefficient (Wildman–Crippen LogP) is 3.56. The van der Waals surface area contributed by atoms with E-state index in [-0.39, 0.29) is 5.91 Å². The zero-order valence-corrected chi connectivity index (χ0v) is 11.5. The van der Waals surface area contributed by atoms with Crippen LogP contribution in [0.25, 0.3) is 0 Å². The van der Waals surface area contributed by atoms with Gasteiger partial charge in [0, 0.05) is 13.0 Å². The Morgan fingerprint density at radius 1 is 0.938 bits per heavy atom. The van der Waals surface area contributed by atoms with Gasteiger partial charge in [-0.1, -0.05) is 38.5 Å². The highest BCUT2D eigenvalue weighted by Crippen LogP contribution is 2.09. The molecule has 1 N–H and O–H groups in total. The second-order valence-corrected chi connectivity index (χ2v) is 4.70. The van der Waals surface area contributed by atoms with Crippen molar-refractivity contribution in [2.45, 2.75) is 64.7 Å². The van der Waals surface area contributed by atoms with Gasteiger partial charge >= 0.3 is 0 Å². The summed E-state index contributed by atoms with van der Waals surface area (Å²) in [5.74, 6) is 1.23. The van der Waals surface area contributed by atoms with Crippen LogP contribution in [0.5, 0.6) is 0 Å². The van der Waals surface area contributed by atoms with Gasteiger partial charge in [-0.15, -0.1) is 0 Å². The van der Waals surface area contributed by atoms with Crippen LogP contribution in [0.4, 0.5) is 0 Å². The number of carbonyl (C=O) groups excluding carboxylic acids is 1. The average Bonchev–Trinajstić information content (AvgIpc) is 2.27. The molecule has 0 radical (unpaired) electrons. The molecule has 0 aromatic rings. The van der Waals surface area contributed by atoms with Crippen molar-refractivity contribution >= 4 is 18.5 Å². The van der Waals surface area contributed by atoms with E-state index in [1.165, 1.54) is 44.9 Å². The quantitative estimate of drug-likeness (QED) is 0.423. The van der Waals surface area contributed by atoms with Gasteiger partial charge in [0.05, 0.1) is 0 Å². The van der Waals surface area contributed by atoms with E-state index in [0.717, 1.165) is 18.7 Å². The third-order valence-corrected chi connectivity index (χ3v) is 3.00. The summed E-state index contributed by atoms with van der Waals surface area (Å²) in [4.78, 5) is 11.1. The van der Waals surface area contributed by atoms with Gasteiger partial charge in [0.15, 0.2) is 0 Å². The summed E-state index contributed by atoms with van der Waals surface area (Å²) in [5, 5.41) is 2.82. The lowest BCUT2D eigenvalue weighted by Gasteiger charge is -2.02. The van der Waals surface area contributed by atoms with Crippen molar-refractivity contribution in [3.05, 3.63) is 0 Å². The zero-order valence-electron chi connectivity index (χ0n) is 10.6. The van der Waals surface area contributed by atoms with E-state index in [9.17, 15) is 4.79 Å². The molecule has 0 aliphatic carbocycles. The number of unbranched alkanes of at least 4 members (excludes halogenated alkanes) is 7. The lowest BCUT2D eigenvalue weighted by atomic mass is 10.1. The third-order valence-electron chi connectivity index (χ3n) is 2.69. The maximum atomic E-state index is 11.1. The molecule has 0 aromatic carbocycles. The van der Waals surface area contributed by atoms with E-state index in [2.05, 4.69) is 17.9 Å². The van der Waals surface area contributed by atoms with E-state index < -0.39 is 0 Å². The highest BCUT2D eigenvalue weighted by Gasteiger charge is 1.98. The second-order valence-electron chi connectivity index (χ2n) is 4.26. The summed E-state index contributed by atoms with van der Waals surface area (Å²) in [5.41, 5.74) is 0. The zero-order chi connectivity index (χ0) is 12.1. The number of thiol groups is 1. The fraction of sp³-hybridized carbons (Fsp3) is 0.923. The average molecular weight is 245 g/mol. The van der Waals surface area contributed by atoms with Gasteiger partial charge in [0.1, 0.15) is 0 Å². The first-order chi connectivity index (χ1) is 7.81. The largest absolute Gasteiger partial charge is 0.356 e. The third kappa shape index (κ3) is 11.9. The van der Waals surface area contributed by atoms with Crippen molar-refractivity contribution in [1.29, 1.82) is 0 Å². The Morgan fingerprint density at radius 3 is 1.94 bits per heavy atom. The van der Waals surface area contributed by atoms with Crippen LogP contribution in [0.2, 0.25) is 0 Å². The number of hydrogen-bond donors (Lipinski definition) is 2. The van der Waals surface area contributed by atoms with Crippen molar-refractivity contribution < 1.29 is 4.79 Å². The van der Waals surface area contributed by atoms with Crippen LogP contribution in [-0.2, 0) is 4.79 Å². The summed E-state index contributed by atoms with van der Waals surface area (Å²) >= 11 is 4.19. The Morgan fingerprint density at radius 2 is 1.44 bits per heavy atom. The first-order valence-electron chi connectivity index (χ1n) is 6.68. The van der Waals surface area contributed by atoms with Crippen molar-refractivity contribution in [2.75, 3.05) is 12.3 Å². The molecule has 0 aliphatic rings. The summed E-state index contributed by atoms with van der Waals surface area (Å²) in [6, 6.07) is 0. The van der Waals surface area contributed by atoms with Gasteiger partial charge in [0.2, 0.25) is 5.91 Å². The Bertz CT molecular complexity index is 162. The Kier molecular flexibility index (Phi) is 12.7. The first-order valence-corrected chi connectivity index (χ1v) is 7.32. The minimum atomic E-state index is 0.205. The summed E-state index contributed by atoms with van der Waals surface area (Å²) in [6.07, 6.45) is 10.8. The molecule has 0 atom stereocenters. The van der Waals surface area contributed by atoms with Gasteiger partial charge in [0.25, 0.3) is 0 Å². The molecule has 2 nitrogen and oxygen atoms in total. The molecule has 0 spiro atoms. The lowest BCUT2D eigenvalue weighted by Crippen LogP contribution is -2.21. The molecule has 0 rings (SSSR count).